The third kappa shape index (κ3) is 5.02. The first-order valence-electron chi connectivity index (χ1n) is 23.3. The Hall–Kier alpha value is -7.94. The molecule has 2 nitrogen and oxygen atoms in total. The molecule has 12 aromatic rings. The van der Waals surface area contributed by atoms with Crippen LogP contribution in [0.1, 0.15) is 49.9 Å². The van der Waals surface area contributed by atoms with E-state index in [0.29, 0.717) is 0 Å². The zero-order valence-corrected chi connectivity index (χ0v) is 37.4. The molecule has 1 aromatic heterocycles. The number of benzene rings is 11. The van der Waals surface area contributed by atoms with Crippen LogP contribution < -0.4 is 4.90 Å². The van der Waals surface area contributed by atoms with Crippen LogP contribution in [0.5, 0.6) is 0 Å². The van der Waals surface area contributed by atoms with Gasteiger partial charge in [-0.1, -0.05) is 191 Å². The SMILES string of the molecule is CC1(C)c2ccccc2-c2cc3c(cc21)C(C)(C)c1ccc(-c2ccc4ccc5c(N(c6ccccc6-c6ccccc6)c6cccc7c6oc6ccccc67)ccc6ccc2c4c65)cc1-3. The van der Waals surface area contributed by atoms with Crippen LogP contribution in [0.25, 0.3) is 98.8 Å². The number of hydrogen-bond donors (Lipinski definition) is 0. The van der Waals surface area contributed by atoms with Crippen LogP contribution >= 0.6 is 0 Å². The van der Waals surface area contributed by atoms with E-state index in [1.54, 1.807) is 0 Å². The first-order valence-corrected chi connectivity index (χ1v) is 23.3. The van der Waals surface area contributed by atoms with E-state index < -0.39 is 0 Å². The molecule has 0 saturated carbocycles. The summed E-state index contributed by atoms with van der Waals surface area (Å²) in [6, 6.07) is 74.4. The molecule has 0 atom stereocenters. The van der Waals surface area contributed by atoms with Crippen LogP contribution in [0, 0.1) is 0 Å². The molecule has 0 amide bonds. The molecule has 1 heterocycles. The number of fused-ring (bicyclic) bond motifs is 9. The van der Waals surface area contributed by atoms with Gasteiger partial charge in [0.05, 0.1) is 17.1 Å². The first kappa shape index (κ1) is 37.4. The van der Waals surface area contributed by atoms with E-state index in [0.717, 1.165) is 50.1 Å². The summed E-state index contributed by atoms with van der Waals surface area (Å²) >= 11 is 0. The topological polar surface area (TPSA) is 16.4 Å². The van der Waals surface area contributed by atoms with E-state index in [-0.39, 0.29) is 10.8 Å². The number of para-hydroxylation sites is 3. The minimum absolute atomic E-state index is 0.0401. The second kappa shape index (κ2) is 13.3. The summed E-state index contributed by atoms with van der Waals surface area (Å²) in [6.07, 6.45) is 0. The van der Waals surface area contributed by atoms with Crippen molar-refractivity contribution in [2.24, 2.45) is 0 Å². The lowest BCUT2D eigenvalue weighted by molar-refractivity contribution is 0.639. The van der Waals surface area contributed by atoms with Gasteiger partial charge in [-0.15, -0.1) is 0 Å². The van der Waals surface area contributed by atoms with E-state index in [4.69, 9.17) is 4.42 Å². The van der Waals surface area contributed by atoms with E-state index in [9.17, 15) is 0 Å². The lowest BCUT2D eigenvalue weighted by Crippen LogP contribution is -2.18. The zero-order chi connectivity index (χ0) is 44.1. The molecule has 0 fully saturated rings. The fourth-order valence-corrected chi connectivity index (χ4v) is 12.2. The second-order valence-corrected chi connectivity index (χ2v) is 19.6. The zero-order valence-electron chi connectivity index (χ0n) is 37.4. The number of nitrogens with zero attached hydrogens (tertiary/aromatic N) is 1. The first-order chi connectivity index (χ1) is 32.3. The molecule has 2 aliphatic rings. The Morgan fingerprint density at radius 1 is 0.333 bits per heavy atom. The van der Waals surface area contributed by atoms with Crippen molar-refractivity contribution in [2.45, 2.75) is 38.5 Å². The van der Waals surface area contributed by atoms with Gasteiger partial charge < -0.3 is 9.32 Å². The molecular formula is C64H45NO. The molecule has 66 heavy (non-hydrogen) atoms. The van der Waals surface area contributed by atoms with Gasteiger partial charge in [-0.3, -0.25) is 0 Å². The summed E-state index contributed by atoms with van der Waals surface area (Å²) in [7, 11) is 0. The van der Waals surface area contributed by atoms with Crippen LogP contribution in [0.4, 0.5) is 17.1 Å². The summed E-state index contributed by atoms with van der Waals surface area (Å²) in [5.74, 6) is 0. The van der Waals surface area contributed by atoms with Gasteiger partial charge in [0.2, 0.25) is 0 Å². The highest BCUT2D eigenvalue weighted by atomic mass is 16.3. The predicted molar refractivity (Wildman–Crippen MR) is 278 cm³/mol. The van der Waals surface area contributed by atoms with Gasteiger partial charge in [-0.2, -0.15) is 0 Å². The summed E-state index contributed by atoms with van der Waals surface area (Å²) < 4.78 is 6.81. The van der Waals surface area contributed by atoms with Gasteiger partial charge in [0.15, 0.2) is 5.58 Å². The average Bonchev–Trinajstić information content (AvgIpc) is 3.93. The van der Waals surface area contributed by atoms with Crippen molar-refractivity contribution in [2.75, 3.05) is 4.90 Å². The second-order valence-electron chi connectivity index (χ2n) is 19.6. The van der Waals surface area contributed by atoms with Crippen molar-refractivity contribution in [1.29, 1.82) is 0 Å². The summed E-state index contributed by atoms with van der Waals surface area (Å²) in [5, 5.41) is 9.71. The molecule has 0 aliphatic heterocycles. The normalized spacial score (nSPS) is 14.3. The average molecular weight is 844 g/mol. The van der Waals surface area contributed by atoms with E-state index >= 15 is 0 Å². The monoisotopic (exact) mass is 843 g/mol. The number of rotatable bonds is 5. The highest BCUT2D eigenvalue weighted by Crippen LogP contribution is 2.57. The quantitative estimate of drug-likeness (QED) is 0.161. The molecule has 2 aliphatic carbocycles. The van der Waals surface area contributed by atoms with E-state index in [1.165, 1.54) is 88.0 Å². The Labute approximate surface area is 384 Å². The highest BCUT2D eigenvalue weighted by Gasteiger charge is 2.41. The largest absolute Gasteiger partial charge is 0.454 e. The maximum atomic E-state index is 6.81. The van der Waals surface area contributed by atoms with E-state index in [2.05, 4.69) is 233 Å². The van der Waals surface area contributed by atoms with Crippen LogP contribution in [0.2, 0.25) is 0 Å². The molecule has 0 bridgehead atoms. The molecule has 14 rings (SSSR count). The fourth-order valence-electron chi connectivity index (χ4n) is 12.2. The molecule has 0 spiro atoms. The third-order valence-corrected chi connectivity index (χ3v) is 15.4. The van der Waals surface area contributed by atoms with Crippen LogP contribution in [-0.4, -0.2) is 0 Å². The number of anilines is 3. The maximum Gasteiger partial charge on any atom is 0.159 e. The van der Waals surface area contributed by atoms with Crippen molar-refractivity contribution in [3.05, 3.63) is 222 Å². The van der Waals surface area contributed by atoms with Crippen LogP contribution in [-0.2, 0) is 10.8 Å². The van der Waals surface area contributed by atoms with Gasteiger partial charge in [0, 0.05) is 32.6 Å². The summed E-state index contributed by atoms with van der Waals surface area (Å²) in [4.78, 5) is 2.44. The molecule has 312 valence electrons. The van der Waals surface area contributed by atoms with Crippen molar-refractivity contribution in [1.82, 2.24) is 0 Å². The molecular weight excluding hydrogens is 799 g/mol. The molecule has 0 N–H and O–H groups in total. The third-order valence-electron chi connectivity index (χ3n) is 15.4. The maximum absolute atomic E-state index is 6.81. The van der Waals surface area contributed by atoms with E-state index in [1.807, 2.05) is 0 Å². The Morgan fingerprint density at radius 2 is 0.939 bits per heavy atom. The van der Waals surface area contributed by atoms with Gasteiger partial charge in [-0.25, -0.2) is 0 Å². The van der Waals surface area contributed by atoms with Crippen molar-refractivity contribution in [3.63, 3.8) is 0 Å². The Bertz CT molecular complexity index is 4000. The van der Waals surface area contributed by atoms with Crippen molar-refractivity contribution in [3.8, 4) is 44.5 Å². The van der Waals surface area contributed by atoms with Gasteiger partial charge in [0.25, 0.3) is 0 Å². The Kier molecular flexibility index (Phi) is 7.55. The molecule has 0 saturated heterocycles. The standard InChI is InChI=1S/C64H45NO/c1-63(2)52-21-11-8-18-44(52)50-36-51-49-35-41(28-33-53(49)64(3,4)55(51)37-54(50)63)42-30-25-39-27-32-48-57(34-29-40-26-31-46(42)60(39)61(40)48)65(56-22-12-9-17-43(56)38-15-6-5-7-16-38)58-23-14-20-47-45-19-10-13-24-59(45)66-62(47)58/h5-37H,1-4H3. The fraction of sp³-hybridized carbons (Fsp3) is 0.0938. The summed E-state index contributed by atoms with van der Waals surface area (Å²) in [6.45, 7) is 9.58. The molecule has 0 radical (unpaired) electrons. The highest BCUT2D eigenvalue weighted by molar-refractivity contribution is 6.28. The minimum atomic E-state index is -0.111. The van der Waals surface area contributed by atoms with Crippen molar-refractivity contribution < 1.29 is 4.42 Å². The van der Waals surface area contributed by atoms with Crippen molar-refractivity contribution >= 4 is 71.3 Å². The van der Waals surface area contributed by atoms with Crippen LogP contribution in [0.3, 0.4) is 0 Å². The molecule has 11 aromatic carbocycles. The Balaban J connectivity index is 0.987. The van der Waals surface area contributed by atoms with Gasteiger partial charge >= 0.3 is 0 Å². The van der Waals surface area contributed by atoms with Crippen LogP contribution in [0.15, 0.2) is 205 Å². The number of furan rings is 1. The summed E-state index contributed by atoms with van der Waals surface area (Å²) in [5.41, 5.74) is 20.7. The Morgan fingerprint density at radius 3 is 1.77 bits per heavy atom. The lowest BCUT2D eigenvalue weighted by Gasteiger charge is -2.29. The lowest BCUT2D eigenvalue weighted by atomic mass is 9.77. The molecule has 2 heteroatoms. The minimum Gasteiger partial charge on any atom is -0.454 e. The number of hydrogen-bond acceptors (Lipinski definition) is 2. The molecule has 0 unspecified atom stereocenters. The predicted octanol–water partition coefficient (Wildman–Crippen LogP) is 17.9. The smallest absolute Gasteiger partial charge is 0.159 e. The van der Waals surface area contributed by atoms with Gasteiger partial charge in [0.1, 0.15) is 5.58 Å². The van der Waals surface area contributed by atoms with Gasteiger partial charge in [-0.05, 0) is 125 Å².